The molecule has 0 atom stereocenters. The van der Waals surface area contributed by atoms with Crippen molar-refractivity contribution in [2.24, 2.45) is 0 Å². The minimum atomic E-state index is 0.0699. The predicted molar refractivity (Wildman–Crippen MR) is 71.4 cm³/mol. The average Bonchev–Trinajstić information content (AvgIpc) is 2.79. The van der Waals surface area contributed by atoms with Gasteiger partial charge in [0, 0.05) is 25.9 Å². The summed E-state index contributed by atoms with van der Waals surface area (Å²) in [5.74, 6) is 0.977. The quantitative estimate of drug-likeness (QED) is 0.707. The summed E-state index contributed by atoms with van der Waals surface area (Å²) in [6.45, 7) is 1.32. The fourth-order valence-corrected chi connectivity index (χ4v) is 1.77. The van der Waals surface area contributed by atoms with E-state index in [4.69, 9.17) is 0 Å². The fraction of sp³-hybridized carbons (Fsp3) is 0.385. The van der Waals surface area contributed by atoms with Gasteiger partial charge in [-0.2, -0.15) is 0 Å². The number of aromatic nitrogens is 2. The Hall–Kier alpha value is -1.88. The molecule has 1 amide bonds. The molecule has 0 aliphatic rings. The molecule has 1 heterocycles. The SMILES string of the molecule is CNCCC(=O)NCCc1nc2ccccc2[nH]1. The van der Waals surface area contributed by atoms with E-state index in [9.17, 15) is 4.79 Å². The molecule has 2 aromatic rings. The van der Waals surface area contributed by atoms with Crippen molar-refractivity contribution < 1.29 is 4.79 Å². The summed E-state index contributed by atoms with van der Waals surface area (Å²) in [4.78, 5) is 19.1. The minimum absolute atomic E-state index is 0.0699. The summed E-state index contributed by atoms with van der Waals surface area (Å²) in [5, 5.41) is 5.82. The van der Waals surface area contributed by atoms with Gasteiger partial charge < -0.3 is 15.6 Å². The van der Waals surface area contributed by atoms with Crippen molar-refractivity contribution in [3.8, 4) is 0 Å². The molecule has 0 aliphatic heterocycles. The van der Waals surface area contributed by atoms with Gasteiger partial charge in [-0.15, -0.1) is 0 Å². The van der Waals surface area contributed by atoms with Crippen LogP contribution in [0.5, 0.6) is 0 Å². The van der Waals surface area contributed by atoms with Gasteiger partial charge in [0.1, 0.15) is 5.82 Å². The van der Waals surface area contributed by atoms with Crippen LogP contribution >= 0.6 is 0 Å². The second-order valence-corrected chi connectivity index (χ2v) is 4.15. The smallest absolute Gasteiger partial charge is 0.221 e. The molecule has 0 radical (unpaired) electrons. The van der Waals surface area contributed by atoms with Crippen molar-refractivity contribution in [2.75, 3.05) is 20.1 Å². The molecule has 3 N–H and O–H groups in total. The number of nitrogens with one attached hydrogen (secondary N) is 3. The van der Waals surface area contributed by atoms with E-state index in [2.05, 4.69) is 20.6 Å². The summed E-state index contributed by atoms with van der Waals surface area (Å²) >= 11 is 0. The van der Waals surface area contributed by atoms with E-state index in [1.54, 1.807) is 0 Å². The highest BCUT2D eigenvalue weighted by Gasteiger charge is 2.03. The summed E-state index contributed by atoms with van der Waals surface area (Å²) in [5.41, 5.74) is 2.00. The monoisotopic (exact) mass is 246 g/mol. The Morgan fingerprint density at radius 1 is 1.33 bits per heavy atom. The zero-order chi connectivity index (χ0) is 12.8. The lowest BCUT2D eigenvalue weighted by Crippen LogP contribution is -2.28. The van der Waals surface area contributed by atoms with Crippen LogP contribution in [0, 0.1) is 0 Å². The molecule has 0 saturated carbocycles. The maximum absolute atomic E-state index is 11.4. The third-order valence-corrected chi connectivity index (χ3v) is 2.72. The van der Waals surface area contributed by atoms with Crippen LogP contribution in [-0.4, -0.2) is 36.0 Å². The van der Waals surface area contributed by atoms with E-state index in [0.29, 0.717) is 19.5 Å². The Balaban J connectivity index is 1.81. The van der Waals surface area contributed by atoms with Gasteiger partial charge in [-0.25, -0.2) is 4.98 Å². The highest BCUT2D eigenvalue weighted by molar-refractivity contribution is 5.76. The van der Waals surface area contributed by atoms with E-state index in [0.717, 1.165) is 23.3 Å². The zero-order valence-corrected chi connectivity index (χ0v) is 10.5. The number of rotatable bonds is 6. The van der Waals surface area contributed by atoms with E-state index in [1.807, 2.05) is 31.3 Å². The number of para-hydroxylation sites is 2. The van der Waals surface area contributed by atoms with Crippen LogP contribution in [-0.2, 0) is 11.2 Å². The fourth-order valence-electron chi connectivity index (χ4n) is 1.77. The number of carbonyl (C=O) groups excluding carboxylic acids is 1. The molecule has 0 unspecified atom stereocenters. The van der Waals surface area contributed by atoms with Crippen LogP contribution < -0.4 is 10.6 Å². The Morgan fingerprint density at radius 2 is 2.17 bits per heavy atom. The second kappa shape index (κ2) is 6.16. The Morgan fingerprint density at radius 3 is 2.94 bits per heavy atom. The van der Waals surface area contributed by atoms with Crippen molar-refractivity contribution in [3.05, 3.63) is 30.1 Å². The summed E-state index contributed by atoms with van der Waals surface area (Å²) < 4.78 is 0. The largest absolute Gasteiger partial charge is 0.356 e. The number of amides is 1. The number of imidazole rings is 1. The molecular formula is C13H18N4O. The van der Waals surface area contributed by atoms with Crippen molar-refractivity contribution >= 4 is 16.9 Å². The number of hydrogen-bond acceptors (Lipinski definition) is 3. The second-order valence-electron chi connectivity index (χ2n) is 4.15. The number of fused-ring (bicyclic) bond motifs is 1. The lowest BCUT2D eigenvalue weighted by molar-refractivity contribution is -0.120. The van der Waals surface area contributed by atoms with Crippen LogP contribution in [0.25, 0.3) is 11.0 Å². The summed E-state index contributed by atoms with van der Waals surface area (Å²) in [6, 6.07) is 7.91. The molecule has 0 fully saturated rings. The van der Waals surface area contributed by atoms with Gasteiger partial charge in [-0.3, -0.25) is 4.79 Å². The molecule has 0 bridgehead atoms. The number of nitrogens with zero attached hydrogens (tertiary/aromatic N) is 1. The van der Waals surface area contributed by atoms with Crippen LogP contribution in [0.1, 0.15) is 12.2 Å². The van der Waals surface area contributed by atoms with Crippen molar-refractivity contribution in [2.45, 2.75) is 12.8 Å². The normalized spacial score (nSPS) is 10.7. The van der Waals surface area contributed by atoms with Crippen LogP contribution in [0.3, 0.4) is 0 Å². The first-order valence-electron chi connectivity index (χ1n) is 6.14. The van der Waals surface area contributed by atoms with E-state index in [-0.39, 0.29) is 5.91 Å². The number of benzene rings is 1. The van der Waals surface area contributed by atoms with Gasteiger partial charge in [-0.05, 0) is 19.2 Å². The van der Waals surface area contributed by atoms with E-state index < -0.39 is 0 Å². The topological polar surface area (TPSA) is 69.8 Å². The molecular weight excluding hydrogens is 228 g/mol. The maximum atomic E-state index is 11.4. The average molecular weight is 246 g/mol. The van der Waals surface area contributed by atoms with Gasteiger partial charge in [0.05, 0.1) is 11.0 Å². The summed E-state index contributed by atoms with van der Waals surface area (Å²) in [6.07, 6.45) is 1.23. The minimum Gasteiger partial charge on any atom is -0.356 e. The first-order chi connectivity index (χ1) is 8.79. The number of hydrogen-bond donors (Lipinski definition) is 3. The molecule has 1 aromatic heterocycles. The molecule has 0 aliphatic carbocycles. The lowest BCUT2D eigenvalue weighted by atomic mass is 10.3. The third kappa shape index (κ3) is 3.30. The van der Waals surface area contributed by atoms with Gasteiger partial charge in [0.25, 0.3) is 0 Å². The van der Waals surface area contributed by atoms with Crippen molar-refractivity contribution in [1.82, 2.24) is 20.6 Å². The third-order valence-electron chi connectivity index (χ3n) is 2.72. The van der Waals surface area contributed by atoms with Gasteiger partial charge in [-0.1, -0.05) is 12.1 Å². The number of carbonyl (C=O) groups is 1. The predicted octanol–water partition coefficient (Wildman–Crippen LogP) is 0.831. The van der Waals surface area contributed by atoms with Crippen molar-refractivity contribution in [1.29, 1.82) is 0 Å². The van der Waals surface area contributed by atoms with Crippen LogP contribution in [0.2, 0.25) is 0 Å². The molecule has 1 aromatic carbocycles. The van der Waals surface area contributed by atoms with Gasteiger partial charge in [0.2, 0.25) is 5.91 Å². The maximum Gasteiger partial charge on any atom is 0.221 e. The van der Waals surface area contributed by atoms with Crippen LogP contribution in [0.15, 0.2) is 24.3 Å². The lowest BCUT2D eigenvalue weighted by Gasteiger charge is -2.03. The molecule has 2 rings (SSSR count). The first kappa shape index (κ1) is 12.6. The number of aromatic amines is 1. The standard InChI is InChI=1S/C13H18N4O/c1-14-8-7-13(18)15-9-6-12-16-10-4-2-3-5-11(10)17-12/h2-5,14H,6-9H2,1H3,(H,15,18)(H,16,17). The van der Waals surface area contributed by atoms with E-state index >= 15 is 0 Å². The van der Waals surface area contributed by atoms with Crippen molar-refractivity contribution in [3.63, 3.8) is 0 Å². The Labute approximate surface area is 106 Å². The Bertz CT molecular complexity index is 487. The van der Waals surface area contributed by atoms with Crippen LogP contribution in [0.4, 0.5) is 0 Å². The van der Waals surface area contributed by atoms with E-state index in [1.165, 1.54) is 0 Å². The molecule has 0 spiro atoms. The first-order valence-corrected chi connectivity index (χ1v) is 6.14. The molecule has 5 nitrogen and oxygen atoms in total. The van der Waals surface area contributed by atoms with Gasteiger partial charge in [0.15, 0.2) is 0 Å². The zero-order valence-electron chi connectivity index (χ0n) is 10.5. The molecule has 5 heteroatoms. The molecule has 0 saturated heterocycles. The highest BCUT2D eigenvalue weighted by Crippen LogP contribution is 2.10. The van der Waals surface area contributed by atoms with Gasteiger partial charge >= 0.3 is 0 Å². The Kier molecular flexibility index (Phi) is 4.30. The molecule has 96 valence electrons. The molecule has 18 heavy (non-hydrogen) atoms. The number of H-pyrrole nitrogens is 1. The highest BCUT2D eigenvalue weighted by atomic mass is 16.1. The summed E-state index contributed by atoms with van der Waals surface area (Å²) in [7, 11) is 1.84.